The Labute approximate surface area is 144 Å². The molecule has 0 unspecified atom stereocenters. The number of fused-ring (bicyclic) bond motifs is 1. The Kier molecular flexibility index (Phi) is 3.69. The largest absolute Gasteiger partial charge is 0.348 e. The van der Waals surface area contributed by atoms with Crippen molar-refractivity contribution in [1.82, 2.24) is 10.3 Å². The number of hydrogen-bond acceptors (Lipinski definition) is 4. The van der Waals surface area contributed by atoms with E-state index in [9.17, 15) is 9.59 Å². The maximum atomic E-state index is 12.3. The summed E-state index contributed by atoms with van der Waals surface area (Å²) in [6.45, 7) is 4.52. The second-order valence-corrected chi connectivity index (χ2v) is 6.99. The van der Waals surface area contributed by atoms with Gasteiger partial charge in [0.05, 0.1) is 17.2 Å². The summed E-state index contributed by atoms with van der Waals surface area (Å²) in [5, 5.41) is 5.96. The first-order valence-corrected chi connectivity index (χ1v) is 8.83. The monoisotopic (exact) mass is 339 g/mol. The van der Waals surface area contributed by atoms with Crippen LogP contribution in [0.3, 0.4) is 0 Å². The quantitative estimate of drug-likeness (QED) is 0.852. The van der Waals surface area contributed by atoms with Gasteiger partial charge >= 0.3 is 0 Å². The van der Waals surface area contributed by atoms with E-state index >= 15 is 0 Å². The summed E-state index contributed by atoms with van der Waals surface area (Å²) < 4.78 is 0. The molecule has 1 saturated carbocycles. The van der Waals surface area contributed by atoms with Gasteiger partial charge in [-0.2, -0.15) is 0 Å². The third-order valence-electron chi connectivity index (χ3n) is 4.35. The van der Waals surface area contributed by atoms with Crippen molar-refractivity contribution in [1.29, 1.82) is 0 Å². The summed E-state index contributed by atoms with van der Waals surface area (Å²) in [6.07, 6.45) is 3.71. The summed E-state index contributed by atoms with van der Waals surface area (Å²) in [4.78, 5) is 30.5. The van der Waals surface area contributed by atoms with Crippen LogP contribution in [0.25, 0.3) is 0 Å². The molecule has 1 aromatic carbocycles. The lowest BCUT2D eigenvalue weighted by molar-refractivity contribution is -0.114. The van der Waals surface area contributed by atoms with Gasteiger partial charge in [0, 0.05) is 29.1 Å². The second kappa shape index (κ2) is 5.87. The number of benzene rings is 1. The number of nitrogens with one attached hydrogen (secondary N) is 1. The van der Waals surface area contributed by atoms with E-state index < -0.39 is 0 Å². The normalized spacial score (nSPS) is 15.8. The highest BCUT2D eigenvalue weighted by Gasteiger charge is 2.27. The second-order valence-electron chi connectivity index (χ2n) is 6.10. The molecular formula is C18H17N3O2S. The van der Waals surface area contributed by atoms with Crippen LogP contribution >= 0.6 is 11.3 Å². The summed E-state index contributed by atoms with van der Waals surface area (Å²) in [5.41, 5.74) is 3.16. The summed E-state index contributed by atoms with van der Waals surface area (Å²) in [5.74, 6) is 0.313. The molecule has 0 saturated heterocycles. The fraction of sp³-hybridized carbons (Fsp3) is 0.278. The molecule has 2 aliphatic rings. The molecule has 1 N–H and O–H groups in total. The van der Waals surface area contributed by atoms with Crippen molar-refractivity contribution in [3.05, 3.63) is 58.1 Å². The van der Waals surface area contributed by atoms with Crippen molar-refractivity contribution in [2.24, 2.45) is 0 Å². The Morgan fingerprint density at radius 2 is 2.29 bits per heavy atom. The fourth-order valence-electron chi connectivity index (χ4n) is 2.85. The van der Waals surface area contributed by atoms with Gasteiger partial charge in [-0.05, 0) is 36.6 Å². The Bertz CT molecular complexity index is 839. The number of hydrogen-bond donors (Lipinski definition) is 1. The highest BCUT2D eigenvalue weighted by Crippen LogP contribution is 2.41. The zero-order chi connectivity index (χ0) is 16.7. The Hall–Kier alpha value is -2.47. The molecule has 2 amide bonds. The molecule has 0 spiro atoms. The van der Waals surface area contributed by atoms with Crippen LogP contribution in [0, 0.1) is 0 Å². The number of anilines is 1. The molecule has 1 aliphatic heterocycles. The molecule has 122 valence electrons. The van der Waals surface area contributed by atoms with Crippen LogP contribution in [-0.2, 0) is 17.9 Å². The fourth-order valence-corrected chi connectivity index (χ4v) is 3.83. The molecule has 0 atom stereocenters. The van der Waals surface area contributed by atoms with Crippen LogP contribution in [0.2, 0.25) is 0 Å². The van der Waals surface area contributed by atoms with Crippen molar-refractivity contribution in [3.63, 3.8) is 0 Å². The van der Waals surface area contributed by atoms with Crippen molar-refractivity contribution >= 4 is 28.8 Å². The first kappa shape index (κ1) is 15.1. The number of aromatic nitrogens is 1. The minimum atomic E-state index is -0.200. The minimum absolute atomic E-state index is 0.0949. The van der Waals surface area contributed by atoms with E-state index in [2.05, 4.69) is 16.9 Å². The Balaban J connectivity index is 1.63. The van der Waals surface area contributed by atoms with E-state index in [1.54, 1.807) is 22.3 Å². The predicted octanol–water partition coefficient (Wildman–Crippen LogP) is 2.98. The third-order valence-corrected chi connectivity index (χ3v) is 5.40. The average Bonchev–Trinajstić information content (AvgIpc) is 3.24. The summed E-state index contributed by atoms with van der Waals surface area (Å²) in [7, 11) is 0. The van der Waals surface area contributed by atoms with Crippen LogP contribution in [-0.4, -0.2) is 16.8 Å². The lowest BCUT2D eigenvalue weighted by atomic mass is 10.1. The van der Waals surface area contributed by atoms with Gasteiger partial charge in [-0.25, -0.2) is 4.98 Å². The number of carbonyl (C=O) groups is 2. The molecule has 1 fully saturated rings. The van der Waals surface area contributed by atoms with Crippen molar-refractivity contribution in [3.8, 4) is 0 Å². The zero-order valence-electron chi connectivity index (χ0n) is 13.1. The summed E-state index contributed by atoms with van der Waals surface area (Å²) >= 11 is 1.66. The van der Waals surface area contributed by atoms with E-state index in [4.69, 9.17) is 0 Å². The molecule has 0 radical (unpaired) electrons. The standard InChI is InChI=1S/C18H17N3O2S/c1-2-16(22)21(9-13-10-24-18(20-13)11-3-4-11)14-6-5-12-8-19-17(23)15(12)7-14/h2,5-7,10-11H,1,3-4,8-9H2,(H,19,23). The van der Waals surface area contributed by atoms with Crippen LogP contribution in [0.1, 0.15) is 45.4 Å². The van der Waals surface area contributed by atoms with Crippen molar-refractivity contribution in [2.75, 3.05) is 4.90 Å². The van der Waals surface area contributed by atoms with Crippen LogP contribution in [0.15, 0.2) is 36.2 Å². The van der Waals surface area contributed by atoms with E-state index in [-0.39, 0.29) is 11.8 Å². The van der Waals surface area contributed by atoms with E-state index in [1.807, 2.05) is 17.5 Å². The lowest BCUT2D eigenvalue weighted by Crippen LogP contribution is -2.29. The van der Waals surface area contributed by atoms with Gasteiger partial charge in [-0.3, -0.25) is 9.59 Å². The number of rotatable bonds is 5. The minimum Gasteiger partial charge on any atom is -0.348 e. The van der Waals surface area contributed by atoms with Crippen LogP contribution in [0.5, 0.6) is 0 Å². The topological polar surface area (TPSA) is 62.3 Å². The van der Waals surface area contributed by atoms with Crippen LogP contribution < -0.4 is 10.2 Å². The first-order chi connectivity index (χ1) is 11.7. The van der Waals surface area contributed by atoms with Gasteiger partial charge in [0.2, 0.25) is 0 Å². The van der Waals surface area contributed by atoms with Crippen molar-refractivity contribution < 1.29 is 9.59 Å². The lowest BCUT2D eigenvalue weighted by Gasteiger charge is -2.21. The van der Waals surface area contributed by atoms with Gasteiger partial charge in [-0.15, -0.1) is 11.3 Å². The molecule has 1 aromatic heterocycles. The number of nitrogens with zero attached hydrogens (tertiary/aromatic N) is 2. The maximum absolute atomic E-state index is 12.3. The van der Waals surface area contributed by atoms with Gasteiger partial charge < -0.3 is 10.2 Å². The molecule has 1 aliphatic carbocycles. The molecular weight excluding hydrogens is 322 g/mol. The van der Waals surface area contributed by atoms with Crippen LogP contribution in [0.4, 0.5) is 5.69 Å². The number of amides is 2. The predicted molar refractivity (Wildman–Crippen MR) is 93.1 cm³/mol. The smallest absolute Gasteiger partial charge is 0.251 e. The highest BCUT2D eigenvalue weighted by molar-refractivity contribution is 7.09. The van der Waals surface area contributed by atoms with E-state index in [0.717, 1.165) is 16.3 Å². The maximum Gasteiger partial charge on any atom is 0.251 e. The Morgan fingerprint density at radius 1 is 1.46 bits per heavy atom. The molecule has 24 heavy (non-hydrogen) atoms. The number of thiazole rings is 1. The van der Waals surface area contributed by atoms with E-state index in [1.165, 1.54) is 18.9 Å². The van der Waals surface area contributed by atoms with Gasteiger partial charge in [-0.1, -0.05) is 12.6 Å². The molecule has 2 heterocycles. The Morgan fingerprint density at radius 3 is 3.04 bits per heavy atom. The van der Waals surface area contributed by atoms with Gasteiger partial charge in [0.25, 0.3) is 11.8 Å². The molecule has 5 nitrogen and oxygen atoms in total. The first-order valence-electron chi connectivity index (χ1n) is 7.95. The zero-order valence-corrected chi connectivity index (χ0v) is 13.9. The van der Waals surface area contributed by atoms with Gasteiger partial charge in [0.1, 0.15) is 0 Å². The van der Waals surface area contributed by atoms with Gasteiger partial charge in [0.15, 0.2) is 0 Å². The van der Waals surface area contributed by atoms with E-state index in [0.29, 0.717) is 30.3 Å². The summed E-state index contributed by atoms with van der Waals surface area (Å²) in [6, 6.07) is 5.53. The highest BCUT2D eigenvalue weighted by atomic mass is 32.1. The third kappa shape index (κ3) is 2.73. The molecule has 2 aromatic rings. The number of carbonyl (C=O) groups excluding carboxylic acids is 2. The average molecular weight is 339 g/mol. The molecule has 0 bridgehead atoms. The molecule has 6 heteroatoms. The van der Waals surface area contributed by atoms with Crippen molar-refractivity contribution in [2.45, 2.75) is 31.8 Å². The SMILES string of the molecule is C=CC(=O)N(Cc1csc(C2CC2)n1)c1ccc2c(c1)C(=O)NC2. The molecule has 4 rings (SSSR count).